The van der Waals surface area contributed by atoms with E-state index < -0.39 is 5.82 Å². The zero-order valence-corrected chi connectivity index (χ0v) is 20.8. The number of hydrogen-bond donors (Lipinski definition) is 1. The van der Waals surface area contributed by atoms with Gasteiger partial charge in [-0.05, 0) is 66.6 Å². The van der Waals surface area contributed by atoms with Crippen LogP contribution < -0.4 is 5.32 Å². The van der Waals surface area contributed by atoms with Gasteiger partial charge in [0.15, 0.2) is 5.69 Å². The van der Waals surface area contributed by atoms with Gasteiger partial charge < -0.3 is 10.2 Å². The van der Waals surface area contributed by atoms with E-state index in [4.69, 9.17) is 11.6 Å². The predicted octanol–water partition coefficient (Wildman–Crippen LogP) is 4.68. The highest BCUT2D eigenvalue weighted by Gasteiger charge is 2.27. The van der Waals surface area contributed by atoms with Gasteiger partial charge in [-0.1, -0.05) is 43.6 Å². The second-order valence-corrected chi connectivity index (χ2v) is 9.96. The third kappa shape index (κ3) is 6.48. The Kier molecular flexibility index (Phi) is 7.86. The van der Waals surface area contributed by atoms with Gasteiger partial charge in [-0.2, -0.15) is 5.10 Å². The van der Waals surface area contributed by atoms with Gasteiger partial charge in [-0.25, -0.2) is 9.07 Å². The lowest BCUT2D eigenvalue weighted by Gasteiger charge is -2.17. The van der Waals surface area contributed by atoms with E-state index in [0.29, 0.717) is 36.8 Å². The van der Waals surface area contributed by atoms with Crippen LogP contribution in [0.1, 0.15) is 42.0 Å². The number of rotatable bonds is 8. The van der Waals surface area contributed by atoms with Crippen molar-refractivity contribution in [2.75, 3.05) is 19.6 Å². The molecule has 0 radical (unpaired) electrons. The van der Waals surface area contributed by atoms with Gasteiger partial charge in [-0.3, -0.25) is 9.59 Å². The molecule has 4 rings (SSSR count). The molecule has 35 heavy (non-hydrogen) atoms. The molecule has 0 saturated carbocycles. The van der Waals surface area contributed by atoms with E-state index in [-0.39, 0.29) is 29.2 Å². The van der Waals surface area contributed by atoms with E-state index in [0.717, 1.165) is 24.2 Å². The molecule has 1 fully saturated rings. The molecule has 1 aliphatic rings. The summed E-state index contributed by atoms with van der Waals surface area (Å²) >= 11 is 5.90. The van der Waals surface area contributed by atoms with E-state index in [2.05, 4.69) is 24.3 Å². The molecular formula is C27H30ClFN4O2. The second kappa shape index (κ2) is 11.0. The fourth-order valence-electron chi connectivity index (χ4n) is 4.44. The van der Waals surface area contributed by atoms with E-state index in [9.17, 15) is 14.0 Å². The highest BCUT2D eigenvalue weighted by Crippen LogP contribution is 2.20. The van der Waals surface area contributed by atoms with Crippen LogP contribution in [0.5, 0.6) is 0 Å². The molecule has 0 spiro atoms. The van der Waals surface area contributed by atoms with Gasteiger partial charge >= 0.3 is 0 Å². The molecular weight excluding hydrogens is 467 g/mol. The van der Waals surface area contributed by atoms with Crippen molar-refractivity contribution in [2.24, 2.45) is 11.8 Å². The van der Waals surface area contributed by atoms with Crippen molar-refractivity contribution < 1.29 is 14.0 Å². The maximum absolute atomic E-state index is 13.6. The van der Waals surface area contributed by atoms with Crippen LogP contribution in [0, 0.1) is 17.7 Å². The van der Waals surface area contributed by atoms with Crippen LogP contribution in [0.2, 0.25) is 5.02 Å². The van der Waals surface area contributed by atoms with Crippen molar-refractivity contribution in [2.45, 2.75) is 33.1 Å². The Labute approximate surface area is 210 Å². The molecule has 0 bridgehead atoms. The van der Waals surface area contributed by atoms with Crippen LogP contribution in [0.4, 0.5) is 4.39 Å². The molecule has 184 valence electrons. The third-order valence-electron chi connectivity index (χ3n) is 6.10. The van der Waals surface area contributed by atoms with E-state index in [1.165, 1.54) is 12.1 Å². The average Bonchev–Trinajstić information content (AvgIpc) is 3.44. The standard InChI is InChI=1S/C27H30ClFN4O2/c1-18(2)10-24-15-25(31-33(24)23-6-4-3-5-7-23)27(35)30-16-19-8-9-32(17-19)26(34)13-20-11-21(28)14-22(29)12-20/h3-7,11-12,14-15,18-19H,8-10,13,16-17H2,1-2H3,(H,30,35)/t19-/m1/s1. The van der Waals surface area contributed by atoms with E-state index in [1.807, 2.05) is 41.1 Å². The summed E-state index contributed by atoms with van der Waals surface area (Å²) < 4.78 is 15.4. The summed E-state index contributed by atoms with van der Waals surface area (Å²) in [6.45, 7) is 5.91. The molecule has 0 aliphatic carbocycles. The molecule has 1 saturated heterocycles. The largest absolute Gasteiger partial charge is 0.350 e. The number of aromatic nitrogens is 2. The fourth-order valence-corrected chi connectivity index (χ4v) is 4.68. The first-order valence-electron chi connectivity index (χ1n) is 11.9. The zero-order valence-electron chi connectivity index (χ0n) is 20.0. The minimum atomic E-state index is -0.450. The molecule has 2 amide bonds. The van der Waals surface area contributed by atoms with Crippen LogP contribution in [0.25, 0.3) is 5.69 Å². The summed E-state index contributed by atoms with van der Waals surface area (Å²) in [5.74, 6) is -0.154. The summed E-state index contributed by atoms with van der Waals surface area (Å²) in [4.78, 5) is 27.3. The smallest absolute Gasteiger partial charge is 0.271 e. The lowest BCUT2D eigenvalue weighted by molar-refractivity contribution is -0.129. The van der Waals surface area contributed by atoms with Gasteiger partial charge in [0.25, 0.3) is 5.91 Å². The first-order chi connectivity index (χ1) is 16.8. The average molecular weight is 497 g/mol. The summed E-state index contributed by atoms with van der Waals surface area (Å²) in [7, 11) is 0. The summed E-state index contributed by atoms with van der Waals surface area (Å²) in [5, 5.41) is 7.85. The molecule has 8 heteroatoms. The summed E-state index contributed by atoms with van der Waals surface area (Å²) in [6.07, 6.45) is 1.71. The number of halogens is 2. The van der Waals surface area contributed by atoms with Gasteiger partial charge in [0.05, 0.1) is 12.1 Å². The van der Waals surface area contributed by atoms with Crippen molar-refractivity contribution in [1.82, 2.24) is 20.0 Å². The normalized spacial score (nSPS) is 15.6. The number of carbonyl (C=O) groups is 2. The van der Waals surface area contributed by atoms with Crippen molar-refractivity contribution in [1.29, 1.82) is 0 Å². The van der Waals surface area contributed by atoms with Gasteiger partial charge in [0.1, 0.15) is 5.82 Å². The zero-order chi connectivity index (χ0) is 24.9. The number of carbonyl (C=O) groups excluding carboxylic acids is 2. The maximum atomic E-state index is 13.6. The Morgan fingerprint density at radius 3 is 2.66 bits per heavy atom. The Morgan fingerprint density at radius 2 is 1.94 bits per heavy atom. The van der Waals surface area contributed by atoms with Gasteiger partial charge in [0, 0.05) is 30.4 Å². The van der Waals surface area contributed by atoms with E-state index >= 15 is 0 Å². The number of hydrogen-bond acceptors (Lipinski definition) is 3. The molecule has 1 aliphatic heterocycles. The van der Waals surface area contributed by atoms with Crippen LogP contribution in [0.3, 0.4) is 0 Å². The molecule has 1 atom stereocenters. The van der Waals surface area contributed by atoms with Gasteiger partial charge in [-0.15, -0.1) is 0 Å². The minimum absolute atomic E-state index is 0.0691. The molecule has 1 N–H and O–H groups in total. The molecule has 2 heterocycles. The maximum Gasteiger partial charge on any atom is 0.271 e. The van der Waals surface area contributed by atoms with Crippen LogP contribution in [0.15, 0.2) is 54.6 Å². The quantitative estimate of drug-likeness (QED) is 0.492. The number of likely N-dealkylation sites (tertiary alicyclic amines) is 1. The molecule has 1 aromatic heterocycles. The number of nitrogens with zero attached hydrogens (tertiary/aromatic N) is 3. The number of para-hydroxylation sites is 1. The third-order valence-corrected chi connectivity index (χ3v) is 6.32. The molecule has 3 aromatic rings. The molecule has 6 nitrogen and oxygen atoms in total. The highest BCUT2D eigenvalue weighted by atomic mass is 35.5. The number of nitrogens with one attached hydrogen (secondary N) is 1. The first-order valence-corrected chi connectivity index (χ1v) is 12.3. The summed E-state index contributed by atoms with van der Waals surface area (Å²) in [5.41, 5.74) is 2.86. The lowest BCUT2D eigenvalue weighted by Crippen LogP contribution is -2.33. The fraction of sp³-hybridized carbons (Fsp3) is 0.370. The Morgan fingerprint density at radius 1 is 1.17 bits per heavy atom. The Balaban J connectivity index is 1.34. The Bertz CT molecular complexity index is 1170. The monoisotopic (exact) mass is 496 g/mol. The second-order valence-electron chi connectivity index (χ2n) is 9.53. The molecule has 2 aromatic carbocycles. The van der Waals surface area contributed by atoms with Crippen molar-refractivity contribution >= 4 is 23.4 Å². The van der Waals surface area contributed by atoms with Crippen molar-refractivity contribution in [3.63, 3.8) is 0 Å². The SMILES string of the molecule is CC(C)Cc1cc(C(=O)NC[C@H]2CCN(C(=O)Cc3cc(F)cc(Cl)c3)C2)nn1-c1ccccc1. The van der Waals surface area contributed by atoms with Crippen LogP contribution >= 0.6 is 11.6 Å². The number of benzene rings is 2. The summed E-state index contributed by atoms with van der Waals surface area (Å²) in [6, 6.07) is 15.8. The molecule has 0 unspecified atom stereocenters. The van der Waals surface area contributed by atoms with Crippen molar-refractivity contribution in [3.8, 4) is 5.69 Å². The van der Waals surface area contributed by atoms with Crippen LogP contribution in [-0.4, -0.2) is 46.1 Å². The first kappa shape index (κ1) is 24.9. The number of amides is 2. The lowest BCUT2D eigenvalue weighted by atomic mass is 10.1. The topological polar surface area (TPSA) is 67.2 Å². The van der Waals surface area contributed by atoms with Crippen LogP contribution in [-0.2, 0) is 17.6 Å². The van der Waals surface area contributed by atoms with Crippen molar-refractivity contribution in [3.05, 3.63) is 82.4 Å². The highest BCUT2D eigenvalue weighted by molar-refractivity contribution is 6.30. The van der Waals surface area contributed by atoms with E-state index in [1.54, 1.807) is 11.0 Å². The van der Waals surface area contributed by atoms with Gasteiger partial charge in [0.2, 0.25) is 5.91 Å². The predicted molar refractivity (Wildman–Crippen MR) is 134 cm³/mol. The minimum Gasteiger partial charge on any atom is -0.350 e. The Hall–Kier alpha value is -3.19.